The monoisotopic (exact) mass is 308 g/mol. The van der Waals surface area contributed by atoms with Crippen LogP contribution in [-0.2, 0) is 6.42 Å². The van der Waals surface area contributed by atoms with E-state index in [1.807, 2.05) is 48.5 Å². The fourth-order valence-corrected chi connectivity index (χ4v) is 2.21. The van der Waals surface area contributed by atoms with Crippen molar-refractivity contribution in [3.63, 3.8) is 0 Å². The molecule has 0 saturated heterocycles. The highest BCUT2D eigenvalue weighted by Crippen LogP contribution is 2.32. The number of benzene rings is 2. The molecule has 0 amide bonds. The molecule has 0 bridgehead atoms. The van der Waals surface area contributed by atoms with E-state index in [1.165, 1.54) is 6.07 Å². The van der Waals surface area contributed by atoms with Crippen molar-refractivity contribution in [2.45, 2.75) is 6.42 Å². The highest BCUT2D eigenvalue weighted by atomic mass is 16.5. The highest BCUT2D eigenvalue weighted by molar-refractivity contribution is 5.46. The maximum absolute atomic E-state index is 11.1. The van der Waals surface area contributed by atoms with Gasteiger partial charge in [0.2, 0.25) is 0 Å². The average molecular weight is 308 g/mol. The molecule has 2 aromatic carbocycles. The van der Waals surface area contributed by atoms with Gasteiger partial charge in [-0.2, -0.15) is 5.10 Å². The minimum atomic E-state index is -0.211. The minimum absolute atomic E-state index is 0.211. The fraction of sp³-hybridized carbons (Fsp3) is 0.111. The summed E-state index contributed by atoms with van der Waals surface area (Å²) in [6.07, 6.45) is 0.589. The summed E-state index contributed by atoms with van der Waals surface area (Å²) in [5, 5.41) is 6.46. The zero-order valence-electron chi connectivity index (χ0n) is 12.7. The van der Waals surface area contributed by atoms with Crippen LogP contribution in [0, 0.1) is 0 Å². The van der Waals surface area contributed by atoms with Crippen LogP contribution in [0.2, 0.25) is 0 Å². The lowest BCUT2D eigenvalue weighted by Gasteiger charge is -2.12. The summed E-state index contributed by atoms with van der Waals surface area (Å²) < 4.78 is 11.2. The molecule has 1 aromatic heterocycles. The molecule has 0 saturated carbocycles. The second kappa shape index (κ2) is 6.79. The average Bonchev–Trinajstić information content (AvgIpc) is 2.58. The number of nitrogens with one attached hydrogen (secondary N) is 1. The molecule has 116 valence electrons. The van der Waals surface area contributed by atoms with Gasteiger partial charge >= 0.3 is 0 Å². The normalized spacial score (nSPS) is 10.3. The first kappa shape index (κ1) is 14.8. The summed E-state index contributed by atoms with van der Waals surface area (Å²) in [7, 11) is 1.61. The summed E-state index contributed by atoms with van der Waals surface area (Å²) in [6.45, 7) is 0. The number of hydrogen-bond donors (Lipinski definition) is 1. The van der Waals surface area contributed by atoms with Crippen LogP contribution in [0.3, 0.4) is 0 Å². The smallest absolute Gasteiger partial charge is 0.264 e. The Bertz CT molecular complexity index is 824. The van der Waals surface area contributed by atoms with Gasteiger partial charge in [-0.3, -0.25) is 4.79 Å². The molecule has 3 rings (SSSR count). The van der Waals surface area contributed by atoms with Gasteiger partial charge in [0.15, 0.2) is 11.5 Å². The Balaban J connectivity index is 1.86. The third kappa shape index (κ3) is 3.77. The van der Waals surface area contributed by atoms with Crippen LogP contribution in [0.25, 0.3) is 0 Å². The first-order chi connectivity index (χ1) is 11.2. The van der Waals surface area contributed by atoms with E-state index in [-0.39, 0.29) is 5.56 Å². The summed E-state index contributed by atoms with van der Waals surface area (Å²) >= 11 is 0. The van der Waals surface area contributed by atoms with E-state index in [2.05, 4.69) is 10.2 Å². The van der Waals surface area contributed by atoms with Crippen molar-refractivity contribution in [1.29, 1.82) is 0 Å². The SMILES string of the molecule is COc1ccc(Cc2ccc(=O)[nH]n2)cc1Oc1ccccc1. The predicted octanol–water partition coefficient (Wildman–Crippen LogP) is 3.16. The molecule has 0 aliphatic carbocycles. The Morgan fingerprint density at radius 1 is 1.00 bits per heavy atom. The van der Waals surface area contributed by atoms with E-state index >= 15 is 0 Å². The number of aromatic amines is 1. The Labute approximate surface area is 133 Å². The molecule has 5 heteroatoms. The molecule has 1 heterocycles. The van der Waals surface area contributed by atoms with E-state index in [1.54, 1.807) is 13.2 Å². The predicted molar refractivity (Wildman–Crippen MR) is 87.2 cm³/mol. The number of aromatic nitrogens is 2. The standard InChI is InChI=1S/C18H16N2O3/c1-22-16-9-7-13(11-14-8-10-18(21)20-19-14)12-17(16)23-15-5-3-2-4-6-15/h2-10,12H,11H2,1H3,(H,20,21). The summed E-state index contributed by atoms with van der Waals surface area (Å²) in [5.41, 5.74) is 1.58. The van der Waals surface area contributed by atoms with Crippen molar-refractivity contribution in [2.75, 3.05) is 7.11 Å². The Morgan fingerprint density at radius 3 is 2.52 bits per heavy atom. The molecule has 23 heavy (non-hydrogen) atoms. The lowest BCUT2D eigenvalue weighted by atomic mass is 10.1. The first-order valence-corrected chi connectivity index (χ1v) is 7.19. The Kier molecular flexibility index (Phi) is 4.38. The number of nitrogens with zero attached hydrogens (tertiary/aromatic N) is 1. The van der Waals surface area contributed by atoms with Crippen LogP contribution in [0.15, 0.2) is 65.5 Å². The molecule has 0 aliphatic rings. The molecular weight excluding hydrogens is 292 g/mol. The number of rotatable bonds is 5. The second-order valence-electron chi connectivity index (χ2n) is 4.99. The van der Waals surface area contributed by atoms with Gasteiger partial charge < -0.3 is 9.47 Å². The Morgan fingerprint density at radius 2 is 1.83 bits per heavy atom. The summed E-state index contributed by atoms with van der Waals surface area (Å²) in [6, 6.07) is 18.4. The molecule has 5 nitrogen and oxygen atoms in total. The van der Waals surface area contributed by atoms with Gasteiger partial charge in [0.25, 0.3) is 5.56 Å². The zero-order chi connectivity index (χ0) is 16.1. The van der Waals surface area contributed by atoms with Gasteiger partial charge in [-0.25, -0.2) is 5.10 Å². The molecule has 0 unspecified atom stereocenters. The summed E-state index contributed by atoms with van der Waals surface area (Å²) in [4.78, 5) is 11.1. The Hall–Kier alpha value is -3.08. The zero-order valence-corrected chi connectivity index (χ0v) is 12.7. The van der Waals surface area contributed by atoms with Crippen LogP contribution < -0.4 is 15.0 Å². The van der Waals surface area contributed by atoms with Gasteiger partial charge in [-0.1, -0.05) is 24.3 Å². The van der Waals surface area contributed by atoms with Crippen LogP contribution in [0.1, 0.15) is 11.3 Å². The maximum atomic E-state index is 11.1. The third-order valence-electron chi connectivity index (χ3n) is 3.32. The van der Waals surface area contributed by atoms with Crippen molar-refractivity contribution in [3.05, 3.63) is 82.3 Å². The molecule has 3 aromatic rings. The first-order valence-electron chi connectivity index (χ1n) is 7.19. The summed E-state index contributed by atoms with van der Waals surface area (Å²) in [5.74, 6) is 2.04. The molecule has 0 radical (unpaired) electrons. The van der Waals surface area contributed by atoms with E-state index in [4.69, 9.17) is 9.47 Å². The minimum Gasteiger partial charge on any atom is -0.493 e. The van der Waals surface area contributed by atoms with Crippen LogP contribution in [0.5, 0.6) is 17.2 Å². The van der Waals surface area contributed by atoms with Gasteiger partial charge in [-0.05, 0) is 35.9 Å². The number of ether oxygens (including phenoxy) is 2. The van der Waals surface area contributed by atoms with E-state index in [0.29, 0.717) is 17.9 Å². The molecule has 0 atom stereocenters. The van der Waals surface area contributed by atoms with Crippen molar-refractivity contribution >= 4 is 0 Å². The van der Waals surface area contributed by atoms with Crippen molar-refractivity contribution in [3.8, 4) is 17.2 Å². The van der Waals surface area contributed by atoms with Crippen molar-refractivity contribution in [2.24, 2.45) is 0 Å². The topological polar surface area (TPSA) is 64.2 Å². The van der Waals surface area contributed by atoms with Gasteiger partial charge in [0.1, 0.15) is 5.75 Å². The fourth-order valence-electron chi connectivity index (χ4n) is 2.21. The number of H-pyrrole nitrogens is 1. The van der Waals surface area contributed by atoms with Gasteiger partial charge in [-0.15, -0.1) is 0 Å². The van der Waals surface area contributed by atoms with Crippen molar-refractivity contribution in [1.82, 2.24) is 10.2 Å². The second-order valence-corrected chi connectivity index (χ2v) is 4.99. The largest absolute Gasteiger partial charge is 0.493 e. The molecule has 0 fully saturated rings. The lowest BCUT2D eigenvalue weighted by molar-refractivity contribution is 0.378. The molecule has 0 aliphatic heterocycles. The van der Waals surface area contributed by atoms with Crippen LogP contribution >= 0.6 is 0 Å². The van der Waals surface area contributed by atoms with Crippen LogP contribution in [0.4, 0.5) is 0 Å². The van der Waals surface area contributed by atoms with Gasteiger partial charge in [0, 0.05) is 12.5 Å². The highest BCUT2D eigenvalue weighted by Gasteiger charge is 2.08. The molecule has 0 spiro atoms. The quantitative estimate of drug-likeness (QED) is 0.786. The number of methoxy groups -OCH3 is 1. The van der Waals surface area contributed by atoms with E-state index in [0.717, 1.165) is 17.0 Å². The maximum Gasteiger partial charge on any atom is 0.264 e. The molecule has 1 N–H and O–H groups in total. The third-order valence-corrected chi connectivity index (χ3v) is 3.32. The van der Waals surface area contributed by atoms with E-state index < -0.39 is 0 Å². The van der Waals surface area contributed by atoms with Gasteiger partial charge in [0.05, 0.1) is 12.8 Å². The van der Waals surface area contributed by atoms with E-state index in [9.17, 15) is 4.79 Å². The van der Waals surface area contributed by atoms with Crippen LogP contribution in [-0.4, -0.2) is 17.3 Å². The number of hydrogen-bond acceptors (Lipinski definition) is 4. The number of para-hydroxylation sites is 1. The van der Waals surface area contributed by atoms with Crippen molar-refractivity contribution < 1.29 is 9.47 Å². The lowest BCUT2D eigenvalue weighted by Crippen LogP contribution is -2.07. The molecular formula is C18H16N2O3.